The number of hydrogen-bond donors (Lipinski definition) is 18. The highest BCUT2D eigenvalue weighted by atomic mass is 33.1. The minimum Gasteiger partial charge on any atom is -0.480 e. The number of carboxylic acids is 1. The molecule has 0 bridgehead atoms. The second kappa shape index (κ2) is 33.9. The van der Waals surface area contributed by atoms with Gasteiger partial charge in [-0.25, -0.2) is 0 Å². The van der Waals surface area contributed by atoms with Crippen molar-refractivity contribution in [3.8, 4) is 0 Å². The molecule has 0 rings (SSSR count). The zero-order valence-corrected chi connectivity index (χ0v) is 39.8. The molecule has 68 heavy (non-hydrogen) atoms. The van der Waals surface area contributed by atoms with Crippen LogP contribution in [0.3, 0.4) is 0 Å². The van der Waals surface area contributed by atoms with Crippen LogP contribution < -0.4 is 95.0 Å². The van der Waals surface area contributed by atoms with Crippen molar-refractivity contribution in [3.05, 3.63) is 0 Å². The number of guanidine groups is 4. The molecule has 32 heteroatoms. The maximum absolute atomic E-state index is 14.1. The second-order valence-corrected chi connectivity index (χ2v) is 17.6. The Kier molecular flexibility index (Phi) is 30.6. The summed E-state index contributed by atoms with van der Waals surface area (Å²) in [7, 11) is 2.22. The molecule has 0 fully saturated rings. The lowest BCUT2D eigenvalue weighted by Crippen LogP contribution is -2.59. The highest BCUT2D eigenvalue weighted by Crippen LogP contribution is 2.22. The number of amides is 7. The van der Waals surface area contributed by atoms with Gasteiger partial charge in [-0.3, -0.25) is 58.3 Å². The van der Waals surface area contributed by atoms with Gasteiger partial charge in [-0.2, -0.15) is 0 Å². The summed E-state index contributed by atoms with van der Waals surface area (Å²) in [4.78, 5) is 120. The molecule has 0 aliphatic heterocycles. The first kappa shape index (κ1) is 61.5. The average molecular weight is 1010 g/mol. The molecule has 0 aromatic rings. The average Bonchev–Trinajstić information content (AvgIpc) is 3.25. The Bertz CT molecular complexity index is 1790. The maximum Gasteiger partial charge on any atom is 0.321 e. The Labute approximate surface area is 401 Å². The number of primary amides is 1. The van der Waals surface area contributed by atoms with Gasteiger partial charge in [0, 0.05) is 37.7 Å². The van der Waals surface area contributed by atoms with E-state index in [2.05, 4.69) is 51.9 Å². The van der Waals surface area contributed by atoms with E-state index in [0.717, 1.165) is 21.6 Å². The quantitative estimate of drug-likeness (QED) is 0.0121. The molecule has 0 radical (unpaired) electrons. The van der Waals surface area contributed by atoms with E-state index < -0.39 is 95.7 Å². The second-order valence-electron chi connectivity index (χ2n) is 15.0. The third-order valence-corrected chi connectivity index (χ3v) is 11.6. The van der Waals surface area contributed by atoms with Crippen molar-refractivity contribution in [3.63, 3.8) is 0 Å². The Balaban J connectivity index is 6.38. The molecule has 0 aliphatic carbocycles. The van der Waals surface area contributed by atoms with Gasteiger partial charge < -0.3 is 100 Å². The van der Waals surface area contributed by atoms with E-state index >= 15 is 0 Å². The van der Waals surface area contributed by atoms with Crippen LogP contribution in [0.2, 0.25) is 0 Å². The first-order valence-corrected chi connectivity index (χ1v) is 23.7. The summed E-state index contributed by atoms with van der Waals surface area (Å²) < 4.78 is 0. The predicted octanol–water partition coefficient (Wildman–Crippen LogP) is -8.24. The highest BCUT2D eigenvalue weighted by molar-refractivity contribution is 8.76. The van der Waals surface area contributed by atoms with Crippen LogP contribution >= 0.6 is 21.6 Å². The fourth-order valence-electron chi connectivity index (χ4n) is 5.40. The van der Waals surface area contributed by atoms with Crippen LogP contribution in [0.4, 0.5) is 0 Å². The number of rotatable bonds is 35. The third-order valence-electron chi connectivity index (χ3n) is 9.08. The van der Waals surface area contributed by atoms with Crippen LogP contribution in [-0.2, 0) is 38.4 Å². The molecule has 29 N–H and O–H groups in total. The fourth-order valence-corrected chi connectivity index (χ4v) is 7.64. The number of carbonyl (C=O) groups excluding carboxylic acids is 7. The van der Waals surface area contributed by atoms with Crippen molar-refractivity contribution in [1.29, 1.82) is 0 Å². The Morgan fingerprint density at radius 1 is 0.426 bits per heavy atom. The van der Waals surface area contributed by atoms with Crippen molar-refractivity contribution in [1.82, 2.24) is 31.9 Å². The van der Waals surface area contributed by atoms with Gasteiger partial charge in [0.2, 0.25) is 41.4 Å². The highest BCUT2D eigenvalue weighted by Gasteiger charge is 2.32. The first-order chi connectivity index (χ1) is 31.8. The molecule has 8 atom stereocenters. The lowest BCUT2D eigenvalue weighted by Gasteiger charge is -2.27. The van der Waals surface area contributed by atoms with Gasteiger partial charge in [0.1, 0.15) is 42.3 Å². The molecule has 0 heterocycles. The van der Waals surface area contributed by atoms with Crippen LogP contribution in [0.15, 0.2) is 20.0 Å². The number of nitrogens with two attached hydrogens (primary N) is 11. The SMILES string of the molecule is C[C@@H](NC(=O)[C@H](N)CSSC[C@H](N)C(=O)O)C(=O)N[C@H](CCCN=C(N)N)C(=O)N[C@H](CCCN=C(N)N)C(=O)N[C@H](CCCN=C(N)N)C(=O)N[C@H](C)C(=O)N[C@H](CCCN=C(N)N)C(N)=O. The molecule has 0 saturated carbocycles. The van der Waals surface area contributed by atoms with Crippen molar-refractivity contribution in [2.75, 3.05) is 37.7 Å². The summed E-state index contributed by atoms with van der Waals surface area (Å²) in [6.45, 7) is 2.96. The standard InChI is InChI=1S/C36H71N21O9S2/c1-17(52-28(61)19(37)15-67-68-16-20(38)32(65)66)27(60)55-23(9-5-13-50-35(44)45)30(63)57-24(10-6-14-51-36(46)47)31(64)56-22(8-4-12-49-34(42)43)29(62)53-18(2)26(59)54-21(25(39)58)7-3-11-48-33(40)41/h17-24H,3-16,37-38H2,1-2H3,(H2,39,58)(H,52,61)(H,53,62)(H,54,59)(H,55,60)(H,56,64)(H,57,63)(H,65,66)(H4,40,41,48)(H4,42,43,49)(H4,44,45,50)(H4,46,47,51)/t17-,18-,19-,20+,21-,22-,23-,24-/m1/s1. The number of hydrogen-bond acceptors (Lipinski definition) is 16. The van der Waals surface area contributed by atoms with E-state index in [1.807, 2.05) is 0 Å². The largest absolute Gasteiger partial charge is 0.480 e. The van der Waals surface area contributed by atoms with Gasteiger partial charge in [-0.15, -0.1) is 0 Å². The number of aliphatic carboxylic acids is 1. The van der Waals surface area contributed by atoms with Crippen molar-refractivity contribution in [2.45, 2.75) is 114 Å². The lowest BCUT2D eigenvalue weighted by molar-refractivity contribution is -0.138. The van der Waals surface area contributed by atoms with Crippen LogP contribution in [-0.4, -0.2) is 162 Å². The van der Waals surface area contributed by atoms with Crippen LogP contribution in [0.5, 0.6) is 0 Å². The summed E-state index contributed by atoms with van der Waals surface area (Å²) in [5.41, 5.74) is 60.3. The normalized spacial score (nSPS) is 14.2. The molecule has 0 saturated heterocycles. The van der Waals surface area contributed by atoms with E-state index in [0.29, 0.717) is 0 Å². The van der Waals surface area contributed by atoms with E-state index in [1.165, 1.54) is 13.8 Å². The summed E-state index contributed by atoms with van der Waals surface area (Å²) >= 11 is 0. The number of carbonyl (C=O) groups is 8. The predicted molar refractivity (Wildman–Crippen MR) is 260 cm³/mol. The maximum atomic E-state index is 14.1. The smallest absolute Gasteiger partial charge is 0.321 e. The Morgan fingerprint density at radius 2 is 0.706 bits per heavy atom. The van der Waals surface area contributed by atoms with E-state index in [-0.39, 0.29) is 113 Å². The summed E-state index contributed by atoms with van der Waals surface area (Å²) in [5, 5.41) is 24.1. The molecular formula is C36H71N21O9S2. The molecule has 386 valence electrons. The molecular weight excluding hydrogens is 935 g/mol. The molecule has 0 spiro atoms. The Morgan fingerprint density at radius 3 is 1.03 bits per heavy atom. The summed E-state index contributed by atoms with van der Waals surface area (Å²) in [6, 6.07) is -9.89. The van der Waals surface area contributed by atoms with Gasteiger partial charge >= 0.3 is 5.97 Å². The number of nitrogens with one attached hydrogen (secondary N) is 6. The number of carboxylic acid groups (broad SMARTS) is 1. The molecule has 0 aromatic heterocycles. The first-order valence-electron chi connectivity index (χ1n) is 21.2. The minimum atomic E-state index is -1.38. The molecule has 0 aliphatic rings. The summed E-state index contributed by atoms with van der Waals surface area (Å²) in [6.07, 6.45) is 0.588. The summed E-state index contributed by atoms with van der Waals surface area (Å²) in [5.74, 6) is -7.62. The monoisotopic (exact) mass is 1010 g/mol. The molecule has 0 aromatic carbocycles. The van der Waals surface area contributed by atoms with Crippen LogP contribution in [0, 0.1) is 0 Å². The van der Waals surface area contributed by atoms with E-state index in [9.17, 15) is 38.4 Å². The zero-order chi connectivity index (χ0) is 51.9. The van der Waals surface area contributed by atoms with E-state index in [4.69, 9.17) is 68.2 Å². The topological polar surface area (TPSA) is 565 Å². The zero-order valence-electron chi connectivity index (χ0n) is 38.2. The van der Waals surface area contributed by atoms with Crippen molar-refractivity contribution < 1.29 is 43.5 Å². The van der Waals surface area contributed by atoms with Crippen molar-refractivity contribution >= 4 is 92.7 Å². The molecule has 7 amide bonds. The van der Waals surface area contributed by atoms with Gasteiger partial charge in [-0.1, -0.05) is 21.6 Å². The fraction of sp³-hybridized carbons (Fsp3) is 0.667. The van der Waals surface area contributed by atoms with Gasteiger partial charge in [0.05, 0.1) is 6.04 Å². The lowest BCUT2D eigenvalue weighted by atomic mass is 10.0. The van der Waals surface area contributed by atoms with Gasteiger partial charge in [-0.05, 0) is 65.2 Å². The van der Waals surface area contributed by atoms with Crippen LogP contribution in [0.25, 0.3) is 0 Å². The van der Waals surface area contributed by atoms with Crippen LogP contribution in [0.1, 0.15) is 65.2 Å². The van der Waals surface area contributed by atoms with Gasteiger partial charge in [0.25, 0.3) is 0 Å². The van der Waals surface area contributed by atoms with Crippen molar-refractivity contribution in [2.24, 2.45) is 83.0 Å². The van der Waals surface area contributed by atoms with Gasteiger partial charge in [0.15, 0.2) is 23.8 Å². The molecule has 0 unspecified atom stereocenters. The molecule has 30 nitrogen and oxygen atoms in total. The minimum absolute atomic E-state index is 0.0305. The third kappa shape index (κ3) is 28.5. The number of nitrogens with zero attached hydrogens (tertiary/aromatic N) is 4. The van der Waals surface area contributed by atoms with E-state index in [1.54, 1.807) is 0 Å². The Hall–Kier alpha value is -6.54. The number of aliphatic imine (C=N–C) groups is 4.